The van der Waals surface area contributed by atoms with E-state index < -0.39 is 10.0 Å². The van der Waals surface area contributed by atoms with Gasteiger partial charge in [-0.2, -0.15) is 0 Å². The molecule has 1 saturated heterocycles. The van der Waals surface area contributed by atoms with E-state index in [1.807, 2.05) is 6.07 Å². The summed E-state index contributed by atoms with van der Waals surface area (Å²) in [6.07, 6.45) is 4.83. The average Bonchev–Trinajstić information content (AvgIpc) is 2.55. The monoisotopic (exact) mass is 387 g/mol. The number of sulfonamides is 1. The Kier molecular flexibility index (Phi) is 6.35. The highest BCUT2D eigenvalue weighted by Gasteiger charge is 2.26. The van der Waals surface area contributed by atoms with Gasteiger partial charge in [0.05, 0.1) is 11.9 Å². The fourth-order valence-corrected chi connectivity index (χ4v) is 4.54. The molecule has 2 unspecified atom stereocenters. The summed E-state index contributed by atoms with van der Waals surface area (Å²) in [6.45, 7) is 3.58. The van der Waals surface area contributed by atoms with Crippen molar-refractivity contribution in [3.8, 4) is 0 Å². The third-order valence-electron chi connectivity index (χ3n) is 4.90. The number of carbonyl (C=O) groups excluding carboxylic acids is 1. The molecule has 25 heavy (non-hydrogen) atoms. The molecule has 1 fully saturated rings. The summed E-state index contributed by atoms with van der Waals surface area (Å²) in [7, 11) is -3.28. The number of amides is 1. The average molecular weight is 388 g/mol. The summed E-state index contributed by atoms with van der Waals surface area (Å²) < 4.78 is 25.2. The summed E-state index contributed by atoms with van der Waals surface area (Å²) in [5.74, 6) is -0.0881. The Labute approximate surface area is 155 Å². The Hall–Kier alpha value is -1.31. The predicted molar refractivity (Wildman–Crippen MR) is 102 cm³/mol. The van der Waals surface area contributed by atoms with Crippen LogP contribution in [0.3, 0.4) is 0 Å². The van der Waals surface area contributed by atoms with Gasteiger partial charge in [-0.15, -0.1) is 12.4 Å². The second-order valence-electron chi connectivity index (χ2n) is 6.75. The third-order valence-corrected chi connectivity index (χ3v) is 6.08. The summed E-state index contributed by atoms with van der Waals surface area (Å²) in [4.78, 5) is 12.6. The molecule has 1 amide bonds. The first-order chi connectivity index (χ1) is 11.4. The number of nitrogens with one attached hydrogen (secondary N) is 2. The minimum atomic E-state index is -3.28. The van der Waals surface area contributed by atoms with Crippen LogP contribution in [-0.4, -0.2) is 45.8 Å². The minimum absolute atomic E-state index is 0. The minimum Gasteiger partial charge on any atom is -0.348 e. The van der Waals surface area contributed by atoms with Crippen LogP contribution in [0, 0.1) is 0 Å². The Morgan fingerprint density at radius 3 is 2.76 bits per heavy atom. The number of halogens is 1. The molecular formula is C17H26ClN3O3S. The maximum atomic E-state index is 12.6. The summed E-state index contributed by atoms with van der Waals surface area (Å²) in [5, 5.41) is 6.47. The molecule has 6 nitrogen and oxygen atoms in total. The molecule has 2 N–H and O–H groups in total. The van der Waals surface area contributed by atoms with Crippen LogP contribution in [0.25, 0.3) is 0 Å². The Morgan fingerprint density at radius 2 is 2.08 bits per heavy atom. The van der Waals surface area contributed by atoms with Gasteiger partial charge in [0.25, 0.3) is 5.91 Å². The van der Waals surface area contributed by atoms with Crippen LogP contribution in [0.5, 0.6) is 0 Å². The van der Waals surface area contributed by atoms with Crippen molar-refractivity contribution in [2.45, 2.75) is 44.7 Å². The van der Waals surface area contributed by atoms with E-state index in [9.17, 15) is 13.2 Å². The molecule has 1 aromatic rings. The Bertz CT molecular complexity index is 739. The van der Waals surface area contributed by atoms with Gasteiger partial charge in [-0.3, -0.25) is 9.10 Å². The molecule has 3 rings (SSSR count). The van der Waals surface area contributed by atoms with Gasteiger partial charge in [0.2, 0.25) is 10.0 Å². The summed E-state index contributed by atoms with van der Waals surface area (Å²) in [5.41, 5.74) is 2.23. The van der Waals surface area contributed by atoms with Crippen LogP contribution in [0.4, 0.5) is 5.69 Å². The van der Waals surface area contributed by atoms with E-state index >= 15 is 0 Å². The van der Waals surface area contributed by atoms with Crippen LogP contribution in [0.1, 0.15) is 42.1 Å². The molecule has 0 aromatic heterocycles. The van der Waals surface area contributed by atoms with Crippen molar-refractivity contribution >= 4 is 34.0 Å². The van der Waals surface area contributed by atoms with Crippen molar-refractivity contribution in [3.63, 3.8) is 0 Å². The van der Waals surface area contributed by atoms with Crippen LogP contribution < -0.4 is 14.9 Å². The van der Waals surface area contributed by atoms with Gasteiger partial charge < -0.3 is 10.6 Å². The lowest BCUT2D eigenvalue weighted by Gasteiger charge is -2.31. The van der Waals surface area contributed by atoms with E-state index in [-0.39, 0.29) is 30.4 Å². The zero-order chi connectivity index (χ0) is 17.3. The zero-order valence-corrected chi connectivity index (χ0v) is 16.3. The van der Waals surface area contributed by atoms with Gasteiger partial charge in [0.1, 0.15) is 0 Å². The number of benzene rings is 1. The normalized spacial score (nSPS) is 23.4. The maximum absolute atomic E-state index is 12.6. The number of nitrogens with zero attached hydrogens (tertiary/aromatic N) is 1. The molecular weight excluding hydrogens is 362 g/mol. The van der Waals surface area contributed by atoms with Gasteiger partial charge in [-0.05, 0) is 62.9 Å². The number of hydrogen-bond donors (Lipinski definition) is 2. The summed E-state index contributed by atoms with van der Waals surface area (Å²) >= 11 is 0. The lowest BCUT2D eigenvalue weighted by Crippen LogP contribution is -2.51. The number of piperidine rings is 1. The molecule has 2 atom stereocenters. The maximum Gasteiger partial charge on any atom is 0.251 e. The van der Waals surface area contributed by atoms with Crippen molar-refractivity contribution < 1.29 is 13.2 Å². The zero-order valence-electron chi connectivity index (χ0n) is 14.6. The second kappa shape index (κ2) is 7.93. The highest BCUT2D eigenvalue weighted by Crippen LogP contribution is 2.30. The first-order valence-corrected chi connectivity index (χ1v) is 10.4. The molecule has 0 radical (unpaired) electrons. The van der Waals surface area contributed by atoms with Crippen molar-refractivity contribution in [1.82, 2.24) is 10.6 Å². The third kappa shape index (κ3) is 4.46. The first kappa shape index (κ1) is 20.0. The van der Waals surface area contributed by atoms with Crippen molar-refractivity contribution in [1.29, 1.82) is 0 Å². The molecule has 140 valence electrons. The topological polar surface area (TPSA) is 78.5 Å². The molecule has 2 heterocycles. The van der Waals surface area contributed by atoms with Crippen LogP contribution in [0.15, 0.2) is 18.2 Å². The smallest absolute Gasteiger partial charge is 0.251 e. The van der Waals surface area contributed by atoms with E-state index in [2.05, 4.69) is 17.6 Å². The number of hydrogen-bond acceptors (Lipinski definition) is 4. The van der Waals surface area contributed by atoms with Crippen LogP contribution >= 0.6 is 12.4 Å². The SMILES string of the molecule is CC1NCCCC1NC(=O)c1ccc2c(c1)CCCN2S(C)(=O)=O.Cl. The number of aryl methyl sites for hydroxylation is 1. The predicted octanol–water partition coefficient (Wildman–Crippen LogP) is 1.69. The van der Waals surface area contributed by atoms with Gasteiger partial charge in [0, 0.05) is 24.2 Å². The van der Waals surface area contributed by atoms with E-state index in [4.69, 9.17) is 0 Å². The van der Waals surface area contributed by atoms with Gasteiger partial charge in [-0.25, -0.2) is 8.42 Å². The van der Waals surface area contributed by atoms with Crippen LogP contribution in [-0.2, 0) is 16.4 Å². The van der Waals surface area contributed by atoms with E-state index in [0.29, 0.717) is 17.8 Å². The van der Waals surface area contributed by atoms with Crippen molar-refractivity contribution in [3.05, 3.63) is 29.3 Å². The lowest BCUT2D eigenvalue weighted by molar-refractivity contribution is 0.0919. The molecule has 1 aromatic carbocycles. The van der Waals surface area contributed by atoms with Crippen molar-refractivity contribution in [2.75, 3.05) is 23.7 Å². The molecule has 2 aliphatic rings. The standard InChI is InChI=1S/C17H25N3O3S.ClH/c1-12-15(6-3-9-18-12)19-17(21)14-7-8-16-13(11-14)5-4-10-20(16)24(2,22)23;/h7-8,11-12,15,18H,3-6,9-10H2,1-2H3,(H,19,21);1H. The molecule has 0 aliphatic carbocycles. The largest absolute Gasteiger partial charge is 0.348 e. The van der Waals surface area contributed by atoms with E-state index in [0.717, 1.165) is 37.8 Å². The first-order valence-electron chi connectivity index (χ1n) is 8.51. The van der Waals surface area contributed by atoms with Gasteiger partial charge >= 0.3 is 0 Å². The molecule has 0 saturated carbocycles. The Balaban J connectivity index is 0.00000225. The highest BCUT2D eigenvalue weighted by molar-refractivity contribution is 7.92. The fourth-order valence-electron chi connectivity index (χ4n) is 3.54. The number of rotatable bonds is 3. The number of anilines is 1. The second-order valence-corrected chi connectivity index (χ2v) is 8.65. The number of fused-ring (bicyclic) bond motifs is 1. The van der Waals surface area contributed by atoms with E-state index in [1.54, 1.807) is 12.1 Å². The van der Waals surface area contributed by atoms with Gasteiger partial charge in [-0.1, -0.05) is 0 Å². The fraction of sp³-hybridized carbons (Fsp3) is 0.588. The number of carbonyl (C=O) groups is 1. The van der Waals surface area contributed by atoms with Crippen LogP contribution in [0.2, 0.25) is 0 Å². The van der Waals surface area contributed by atoms with Gasteiger partial charge in [0.15, 0.2) is 0 Å². The quantitative estimate of drug-likeness (QED) is 0.827. The summed E-state index contributed by atoms with van der Waals surface area (Å²) in [6, 6.07) is 5.71. The Morgan fingerprint density at radius 1 is 1.32 bits per heavy atom. The van der Waals surface area contributed by atoms with E-state index in [1.165, 1.54) is 10.6 Å². The highest BCUT2D eigenvalue weighted by atomic mass is 35.5. The molecule has 8 heteroatoms. The molecule has 0 spiro atoms. The molecule has 0 bridgehead atoms. The van der Waals surface area contributed by atoms with Crippen molar-refractivity contribution in [2.24, 2.45) is 0 Å². The lowest BCUT2D eigenvalue weighted by atomic mass is 9.98. The molecule has 2 aliphatic heterocycles.